The Labute approximate surface area is 215 Å². The Morgan fingerprint density at radius 1 is 1.08 bits per heavy atom. The van der Waals surface area contributed by atoms with Crippen molar-refractivity contribution in [2.75, 3.05) is 11.8 Å². The predicted octanol–water partition coefficient (Wildman–Crippen LogP) is 6.03. The molecule has 0 unspecified atom stereocenters. The minimum Gasteiger partial charge on any atom is -0.496 e. The molecule has 11 heteroatoms. The number of benzene rings is 3. The van der Waals surface area contributed by atoms with Crippen LogP contribution in [0.5, 0.6) is 5.75 Å². The van der Waals surface area contributed by atoms with Crippen molar-refractivity contribution in [3.63, 3.8) is 0 Å². The molecule has 0 aliphatic rings. The van der Waals surface area contributed by atoms with E-state index in [1.807, 2.05) is 0 Å². The summed E-state index contributed by atoms with van der Waals surface area (Å²) in [6.07, 6.45) is 2.79. The highest BCUT2D eigenvalue weighted by atomic mass is 35.5. The number of halogens is 2. The van der Waals surface area contributed by atoms with Crippen LogP contribution < -0.4 is 9.46 Å². The Bertz CT molecular complexity index is 1800. The lowest BCUT2D eigenvalue weighted by atomic mass is 9.94. The van der Waals surface area contributed by atoms with Crippen molar-refractivity contribution < 1.29 is 22.1 Å². The van der Waals surface area contributed by atoms with Crippen molar-refractivity contribution in [1.82, 2.24) is 10.1 Å². The van der Waals surface area contributed by atoms with Crippen molar-refractivity contribution in [2.24, 2.45) is 0 Å². The van der Waals surface area contributed by atoms with Crippen LogP contribution in [0.15, 0.2) is 82.5 Å². The number of nitrogens with one attached hydrogen (secondary N) is 1. The maximum Gasteiger partial charge on any atom is 0.263 e. The van der Waals surface area contributed by atoms with Crippen LogP contribution >= 0.6 is 11.6 Å². The van der Waals surface area contributed by atoms with Gasteiger partial charge in [0, 0.05) is 28.8 Å². The number of nitriles is 1. The molecule has 0 amide bonds. The molecule has 0 spiro atoms. The molecular formula is C26H16ClFN4O4S. The largest absolute Gasteiger partial charge is 0.496 e. The quantitative estimate of drug-likeness (QED) is 0.282. The summed E-state index contributed by atoms with van der Waals surface area (Å²) >= 11 is 5.81. The second kappa shape index (κ2) is 9.54. The van der Waals surface area contributed by atoms with Gasteiger partial charge in [-0.05, 0) is 53.4 Å². The van der Waals surface area contributed by atoms with E-state index in [1.54, 1.807) is 30.3 Å². The van der Waals surface area contributed by atoms with E-state index in [4.69, 9.17) is 16.3 Å². The van der Waals surface area contributed by atoms with E-state index in [9.17, 15) is 18.1 Å². The molecule has 2 aromatic heterocycles. The number of sulfonamides is 1. The van der Waals surface area contributed by atoms with E-state index in [1.165, 1.54) is 49.9 Å². The van der Waals surface area contributed by atoms with Gasteiger partial charge < -0.3 is 9.26 Å². The molecule has 5 rings (SSSR count). The van der Waals surface area contributed by atoms with E-state index < -0.39 is 15.8 Å². The van der Waals surface area contributed by atoms with E-state index in [0.29, 0.717) is 38.9 Å². The molecule has 0 bridgehead atoms. The van der Waals surface area contributed by atoms with Crippen molar-refractivity contribution >= 4 is 38.2 Å². The molecule has 0 atom stereocenters. The molecule has 0 radical (unpaired) electrons. The molecule has 2 heterocycles. The zero-order valence-electron chi connectivity index (χ0n) is 19.1. The summed E-state index contributed by atoms with van der Waals surface area (Å²) in [4.78, 5) is 4.51. The fourth-order valence-corrected chi connectivity index (χ4v) is 5.07. The average Bonchev–Trinajstić information content (AvgIpc) is 3.41. The van der Waals surface area contributed by atoms with Crippen LogP contribution in [0.1, 0.15) is 5.56 Å². The van der Waals surface area contributed by atoms with Crippen LogP contribution in [0.2, 0.25) is 5.02 Å². The second-order valence-electron chi connectivity index (χ2n) is 7.87. The third-order valence-electron chi connectivity index (χ3n) is 5.67. The molecule has 8 nitrogen and oxygen atoms in total. The number of rotatable bonds is 6. The van der Waals surface area contributed by atoms with E-state index in [0.717, 1.165) is 0 Å². The van der Waals surface area contributed by atoms with Crippen LogP contribution in [-0.2, 0) is 10.0 Å². The monoisotopic (exact) mass is 534 g/mol. The normalized spacial score (nSPS) is 11.3. The standard InChI is InChI=1S/C26H16ClFN4O4S/c1-35-24-13-20(15-2-5-22(27)23(28)12-15)17(14-29)11-21(24)26-19-4-3-18(10-16(19)6-8-30-26)37(33,34)32-25-7-9-36-31-25/h2-13H,1H3,(H,31,32). The number of aromatic nitrogens is 2. The van der Waals surface area contributed by atoms with Gasteiger partial charge >= 0.3 is 0 Å². The Morgan fingerprint density at radius 3 is 2.62 bits per heavy atom. The minimum absolute atomic E-state index is 0.0185. The zero-order valence-corrected chi connectivity index (χ0v) is 20.6. The molecule has 37 heavy (non-hydrogen) atoms. The first kappa shape index (κ1) is 24.2. The molecule has 0 saturated heterocycles. The molecular weight excluding hydrogens is 519 g/mol. The summed E-state index contributed by atoms with van der Waals surface area (Å²) in [6.45, 7) is 0. The Morgan fingerprint density at radius 2 is 1.92 bits per heavy atom. The first-order valence-electron chi connectivity index (χ1n) is 10.7. The maximum absolute atomic E-state index is 14.1. The number of ether oxygens (including phenoxy) is 1. The Kier molecular flexibility index (Phi) is 6.25. The van der Waals surface area contributed by atoms with E-state index >= 15 is 0 Å². The number of hydrogen-bond acceptors (Lipinski definition) is 7. The summed E-state index contributed by atoms with van der Waals surface area (Å²) < 4.78 is 52.3. The van der Waals surface area contributed by atoms with Crippen molar-refractivity contribution in [1.29, 1.82) is 5.26 Å². The predicted molar refractivity (Wildman–Crippen MR) is 136 cm³/mol. The van der Waals surface area contributed by atoms with Crippen LogP contribution in [0.3, 0.4) is 0 Å². The highest BCUT2D eigenvalue weighted by molar-refractivity contribution is 7.92. The minimum atomic E-state index is -3.92. The topological polar surface area (TPSA) is 118 Å². The zero-order chi connectivity index (χ0) is 26.2. The molecule has 5 aromatic rings. The van der Waals surface area contributed by atoms with Gasteiger partial charge in [-0.3, -0.25) is 9.71 Å². The lowest BCUT2D eigenvalue weighted by molar-refractivity contribution is 0.416. The van der Waals surface area contributed by atoms with Gasteiger partial charge in [-0.15, -0.1) is 0 Å². The van der Waals surface area contributed by atoms with Crippen molar-refractivity contribution in [3.05, 3.63) is 89.5 Å². The summed E-state index contributed by atoms with van der Waals surface area (Å²) in [5, 5.41) is 14.6. The molecule has 3 aromatic carbocycles. The molecule has 0 aliphatic carbocycles. The fourth-order valence-electron chi connectivity index (χ4n) is 3.93. The Balaban J connectivity index is 1.63. The van der Waals surface area contributed by atoms with Gasteiger partial charge in [0.1, 0.15) is 17.8 Å². The van der Waals surface area contributed by atoms with Gasteiger partial charge in [0.25, 0.3) is 10.0 Å². The Hall–Kier alpha value is -4.46. The van der Waals surface area contributed by atoms with Gasteiger partial charge in [0.15, 0.2) is 5.82 Å². The van der Waals surface area contributed by atoms with Crippen LogP contribution in [-0.4, -0.2) is 25.7 Å². The van der Waals surface area contributed by atoms with E-state index in [-0.39, 0.29) is 21.3 Å². The van der Waals surface area contributed by atoms with Crippen LogP contribution in [0, 0.1) is 17.1 Å². The first-order valence-corrected chi connectivity index (χ1v) is 12.6. The van der Waals surface area contributed by atoms with Gasteiger partial charge in [0.2, 0.25) is 0 Å². The number of anilines is 1. The van der Waals surface area contributed by atoms with Gasteiger partial charge in [-0.25, -0.2) is 12.8 Å². The first-order chi connectivity index (χ1) is 17.8. The molecule has 0 fully saturated rings. The molecule has 184 valence electrons. The SMILES string of the molecule is COc1cc(-c2ccc(Cl)c(F)c2)c(C#N)cc1-c1nccc2cc(S(=O)(=O)Nc3ccon3)ccc12. The van der Waals surface area contributed by atoms with E-state index in [2.05, 4.69) is 25.5 Å². The lowest BCUT2D eigenvalue weighted by Gasteiger charge is -2.15. The van der Waals surface area contributed by atoms with Gasteiger partial charge in [-0.1, -0.05) is 28.9 Å². The lowest BCUT2D eigenvalue weighted by Crippen LogP contribution is -2.13. The molecule has 1 N–H and O–H groups in total. The van der Waals surface area contributed by atoms with Gasteiger partial charge in [-0.2, -0.15) is 5.26 Å². The summed E-state index contributed by atoms with van der Waals surface area (Å²) in [5.41, 5.74) is 2.19. The highest BCUT2D eigenvalue weighted by Crippen LogP contribution is 2.39. The number of methoxy groups -OCH3 is 1. The second-order valence-corrected chi connectivity index (χ2v) is 9.96. The third-order valence-corrected chi connectivity index (χ3v) is 7.33. The maximum atomic E-state index is 14.1. The number of hydrogen-bond donors (Lipinski definition) is 1. The highest BCUT2D eigenvalue weighted by Gasteiger charge is 2.20. The summed E-state index contributed by atoms with van der Waals surface area (Å²) in [5.74, 6) is -0.149. The van der Waals surface area contributed by atoms with Crippen LogP contribution in [0.25, 0.3) is 33.2 Å². The van der Waals surface area contributed by atoms with Gasteiger partial charge in [0.05, 0.1) is 34.4 Å². The summed E-state index contributed by atoms with van der Waals surface area (Å²) in [6, 6.07) is 17.3. The third kappa shape index (κ3) is 4.58. The van der Waals surface area contributed by atoms with Crippen molar-refractivity contribution in [3.8, 4) is 34.2 Å². The average molecular weight is 535 g/mol. The van der Waals surface area contributed by atoms with Crippen LogP contribution in [0.4, 0.5) is 10.2 Å². The molecule has 0 saturated carbocycles. The van der Waals surface area contributed by atoms with Crippen molar-refractivity contribution in [2.45, 2.75) is 4.90 Å². The fraction of sp³-hybridized carbons (Fsp3) is 0.0385. The summed E-state index contributed by atoms with van der Waals surface area (Å²) in [7, 11) is -2.44. The number of pyridine rings is 1. The smallest absolute Gasteiger partial charge is 0.263 e. The number of nitrogens with zero attached hydrogens (tertiary/aromatic N) is 3. The molecule has 0 aliphatic heterocycles. The number of fused-ring (bicyclic) bond motifs is 1.